The van der Waals surface area contributed by atoms with E-state index in [9.17, 15) is 15.0 Å². The molecule has 0 saturated carbocycles. The predicted octanol–water partition coefficient (Wildman–Crippen LogP) is 1.64. The van der Waals surface area contributed by atoms with Crippen molar-refractivity contribution in [2.75, 3.05) is 12.4 Å². The second-order valence-electron chi connectivity index (χ2n) is 3.65. The standard InChI is InChI=1S/C10H12N2O3/c1-5-6-3-8(13)9(14)4-7(6)11-10(15)12(5)2/h3-5,13-14H,1-2H3,(H,11,15). The van der Waals surface area contributed by atoms with Crippen molar-refractivity contribution in [3.8, 4) is 11.5 Å². The molecule has 80 valence electrons. The highest BCUT2D eigenvalue weighted by molar-refractivity contribution is 5.93. The largest absolute Gasteiger partial charge is 0.504 e. The third-order valence-electron chi connectivity index (χ3n) is 2.74. The summed E-state index contributed by atoms with van der Waals surface area (Å²) in [7, 11) is 1.67. The molecule has 2 rings (SSSR count). The number of nitrogens with one attached hydrogen (secondary N) is 1. The van der Waals surface area contributed by atoms with Crippen LogP contribution in [0.1, 0.15) is 18.5 Å². The normalized spacial score (nSPS) is 19.7. The molecular formula is C10H12N2O3. The van der Waals surface area contributed by atoms with E-state index in [4.69, 9.17) is 0 Å². The molecule has 1 atom stereocenters. The highest BCUT2D eigenvalue weighted by Gasteiger charge is 2.27. The van der Waals surface area contributed by atoms with E-state index in [1.165, 1.54) is 17.0 Å². The van der Waals surface area contributed by atoms with Crippen LogP contribution in [-0.2, 0) is 0 Å². The number of hydrogen-bond donors (Lipinski definition) is 3. The molecule has 1 aromatic carbocycles. The minimum absolute atomic E-state index is 0.125. The minimum atomic E-state index is -0.231. The molecule has 1 aliphatic rings. The number of phenolic OH excluding ortho intramolecular Hbond substituents is 2. The number of anilines is 1. The number of urea groups is 1. The summed E-state index contributed by atoms with van der Waals surface area (Å²) in [5.41, 5.74) is 1.33. The van der Waals surface area contributed by atoms with E-state index in [0.29, 0.717) is 5.69 Å². The Morgan fingerprint density at radius 1 is 1.33 bits per heavy atom. The summed E-state index contributed by atoms with van der Waals surface area (Å²) in [4.78, 5) is 13.0. The maximum absolute atomic E-state index is 11.4. The Kier molecular flexibility index (Phi) is 1.96. The molecular weight excluding hydrogens is 196 g/mol. The van der Waals surface area contributed by atoms with Gasteiger partial charge in [0.15, 0.2) is 11.5 Å². The highest BCUT2D eigenvalue weighted by Crippen LogP contribution is 2.38. The molecule has 1 unspecified atom stereocenters. The molecule has 1 aliphatic heterocycles. The summed E-state index contributed by atoms with van der Waals surface area (Å²) in [5, 5.41) is 21.3. The van der Waals surface area contributed by atoms with E-state index in [1.54, 1.807) is 7.05 Å². The van der Waals surface area contributed by atoms with Crippen molar-refractivity contribution >= 4 is 11.7 Å². The van der Waals surface area contributed by atoms with Crippen molar-refractivity contribution in [3.63, 3.8) is 0 Å². The van der Waals surface area contributed by atoms with Gasteiger partial charge in [-0.1, -0.05) is 0 Å². The summed E-state index contributed by atoms with van der Waals surface area (Å²) in [6.45, 7) is 1.86. The highest BCUT2D eigenvalue weighted by atomic mass is 16.3. The fraction of sp³-hybridized carbons (Fsp3) is 0.300. The molecule has 0 bridgehead atoms. The molecule has 1 aromatic rings. The van der Waals surface area contributed by atoms with Gasteiger partial charge in [0.1, 0.15) is 0 Å². The van der Waals surface area contributed by atoms with Crippen LogP contribution in [0.4, 0.5) is 10.5 Å². The van der Waals surface area contributed by atoms with Gasteiger partial charge < -0.3 is 20.4 Å². The van der Waals surface area contributed by atoms with Gasteiger partial charge in [-0.05, 0) is 13.0 Å². The van der Waals surface area contributed by atoms with Crippen molar-refractivity contribution in [1.29, 1.82) is 0 Å². The lowest BCUT2D eigenvalue weighted by Gasteiger charge is -2.32. The van der Waals surface area contributed by atoms with Crippen LogP contribution >= 0.6 is 0 Å². The first-order valence-corrected chi connectivity index (χ1v) is 4.60. The van der Waals surface area contributed by atoms with Crippen molar-refractivity contribution in [2.45, 2.75) is 13.0 Å². The zero-order valence-corrected chi connectivity index (χ0v) is 8.48. The van der Waals surface area contributed by atoms with Crippen LogP contribution in [0, 0.1) is 0 Å². The molecule has 0 aromatic heterocycles. The van der Waals surface area contributed by atoms with E-state index in [2.05, 4.69) is 5.32 Å². The molecule has 2 amide bonds. The average molecular weight is 208 g/mol. The Bertz CT molecular complexity index is 431. The third kappa shape index (κ3) is 1.36. The topological polar surface area (TPSA) is 72.8 Å². The van der Waals surface area contributed by atoms with E-state index in [0.717, 1.165) is 5.56 Å². The number of fused-ring (bicyclic) bond motifs is 1. The van der Waals surface area contributed by atoms with Crippen molar-refractivity contribution in [3.05, 3.63) is 17.7 Å². The molecule has 0 fully saturated rings. The second kappa shape index (κ2) is 3.05. The SMILES string of the molecule is CC1c2cc(O)c(O)cc2NC(=O)N1C. The van der Waals surface area contributed by atoms with Crippen molar-refractivity contribution in [2.24, 2.45) is 0 Å². The Balaban J connectivity index is 2.56. The lowest BCUT2D eigenvalue weighted by Crippen LogP contribution is -2.38. The zero-order chi connectivity index (χ0) is 11.2. The maximum Gasteiger partial charge on any atom is 0.322 e. The lowest BCUT2D eigenvalue weighted by molar-refractivity contribution is 0.205. The minimum Gasteiger partial charge on any atom is -0.504 e. The number of aromatic hydroxyl groups is 2. The van der Waals surface area contributed by atoms with Gasteiger partial charge in [0.25, 0.3) is 0 Å². The second-order valence-corrected chi connectivity index (χ2v) is 3.65. The van der Waals surface area contributed by atoms with Crippen molar-refractivity contribution in [1.82, 2.24) is 4.90 Å². The van der Waals surface area contributed by atoms with E-state index < -0.39 is 0 Å². The van der Waals surface area contributed by atoms with Crippen LogP contribution in [-0.4, -0.2) is 28.2 Å². The van der Waals surface area contributed by atoms with Crippen LogP contribution < -0.4 is 5.32 Å². The molecule has 0 radical (unpaired) electrons. The van der Waals surface area contributed by atoms with Gasteiger partial charge in [0.05, 0.1) is 11.7 Å². The van der Waals surface area contributed by atoms with E-state index in [-0.39, 0.29) is 23.6 Å². The van der Waals surface area contributed by atoms with Crippen LogP contribution in [0.5, 0.6) is 11.5 Å². The van der Waals surface area contributed by atoms with E-state index in [1.807, 2.05) is 6.92 Å². The number of rotatable bonds is 0. The third-order valence-corrected chi connectivity index (χ3v) is 2.74. The molecule has 0 aliphatic carbocycles. The summed E-state index contributed by atoms with van der Waals surface area (Å²) < 4.78 is 0. The number of phenols is 2. The predicted molar refractivity (Wildman–Crippen MR) is 55.0 cm³/mol. The fourth-order valence-corrected chi connectivity index (χ4v) is 1.63. The first-order valence-electron chi connectivity index (χ1n) is 4.60. The monoisotopic (exact) mass is 208 g/mol. The average Bonchev–Trinajstić information content (AvgIpc) is 2.19. The van der Waals surface area contributed by atoms with Gasteiger partial charge in [-0.15, -0.1) is 0 Å². The lowest BCUT2D eigenvalue weighted by atomic mass is 10.0. The Labute approximate surface area is 86.9 Å². The van der Waals surface area contributed by atoms with Crippen LogP contribution in [0.25, 0.3) is 0 Å². The zero-order valence-electron chi connectivity index (χ0n) is 8.48. The molecule has 1 heterocycles. The summed E-state index contributed by atoms with van der Waals surface area (Å²) >= 11 is 0. The number of amides is 2. The van der Waals surface area contributed by atoms with Gasteiger partial charge in [0.2, 0.25) is 0 Å². The van der Waals surface area contributed by atoms with Gasteiger partial charge in [-0.25, -0.2) is 4.79 Å². The van der Waals surface area contributed by atoms with Crippen LogP contribution in [0.15, 0.2) is 12.1 Å². The number of nitrogens with zero attached hydrogens (tertiary/aromatic N) is 1. The number of carbonyl (C=O) groups excluding carboxylic acids is 1. The molecule has 5 nitrogen and oxygen atoms in total. The van der Waals surface area contributed by atoms with Crippen molar-refractivity contribution < 1.29 is 15.0 Å². The molecule has 0 spiro atoms. The van der Waals surface area contributed by atoms with Gasteiger partial charge in [0, 0.05) is 18.7 Å². The molecule has 0 saturated heterocycles. The summed E-state index contributed by atoms with van der Waals surface area (Å²) in [6, 6.07) is 2.47. The first kappa shape index (κ1) is 9.64. The Hall–Kier alpha value is -1.91. The number of carbonyl (C=O) groups is 1. The maximum atomic E-state index is 11.4. The smallest absolute Gasteiger partial charge is 0.322 e. The Morgan fingerprint density at radius 2 is 1.93 bits per heavy atom. The van der Waals surface area contributed by atoms with Gasteiger partial charge in [-0.2, -0.15) is 0 Å². The molecule has 3 N–H and O–H groups in total. The molecule has 5 heteroatoms. The summed E-state index contributed by atoms with van der Waals surface area (Å²) in [5.74, 6) is -0.407. The first-order chi connectivity index (χ1) is 7.00. The van der Waals surface area contributed by atoms with Gasteiger partial charge in [-0.3, -0.25) is 0 Å². The van der Waals surface area contributed by atoms with Crippen LogP contribution in [0.3, 0.4) is 0 Å². The van der Waals surface area contributed by atoms with E-state index >= 15 is 0 Å². The molecule has 15 heavy (non-hydrogen) atoms. The Morgan fingerprint density at radius 3 is 2.60 bits per heavy atom. The van der Waals surface area contributed by atoms with Crippen LogP contribution in [0.2, 0.25) is 0 Å². The van der Waals surface area contributed by atoms with Gasteiger partial charge >= 0.3 is 6.03 Å². The quantitative estimate of drug-likeness (QED) is 0.448. The number of hydrogen-bond acceptors (Lipinski definition) is 3. The number of benzene rings is 1. The fourth-order valence-electron chi connectivity index (χ4n) is 1.63. The summed E-state index contributed by atoms with van der Waals surface area (Å²) in [6.07, 6.45) is 0.